The van der Waals surface area contributed by atoms with Crippen molar-refractivity contribution in [3.63, 3.8) is 0 Å². The van der Waals surface area contributed by atoms with Crippen LogP contribution in [0.5, 0.6) is 0 Å². The molecule has 0 saturated carbocycles. The van der Waals surface area contributed by atoms with E-state index in [1.165, 1.54) is 0 Å². The van der Waals surface area contributed by atoms with Gasteiger partial charge in [-0.15, -0.1) is 0 Å². The van der Waals surface area contributed by atoms with Crippen LogP contribution in [0.3, 0.4) is 0 Å². The van der Waals surface area contributed by atoms with Gasteiger partial charge < -0.3 is 5.73 Å². The van der Waals surface area contributed by atoms with Crippen molar-refractivity contribution in [3.8, 4) is 0 Å². The van der Waals surface area contributed by atoms with E-state index in [4.69, 9.17) is 11.1 Å². The van der Waals surface area contributed by atoms with Gasteiger partial charge in [0.05, 0.1) is 0 Å². The van der Waals surface area contributed by atoms with Crippen LogP contribution in [0.2, 0.25) is 0 Å². The third-order valence-corrected chi connectivity index (χ3v) is 1.69. The van der Waals surface area contributed by atoms with E-state index < -0.39 is 0 Å². The van der Waals surface area contributed by atoms with E-state index >= 15 is 0 Å². The molecule has 3 N–H and O–H groups in total. The molecule has 0 spiro atoms. The van der Waals surface area contributed by atoms with Crippen LogP contribution in [0.1, 0.15) is 31.3 Å². The SMILES string of the molecule is Cc1cc(C(=N)N)nn1C(C)C. The van der Waals surface area contributed by atoms with Gasteiger partial charge in [0, 0.05) is 11.7 Å². The minimum absolute atomic E-state index is 0.0255. The summed E-state index contributed by atoms with van der Waals surface area (Å²) in [6.45, 7) is 6.05. The van der Waals surface area contributed by atoms with Crippen LogP contribution in [0.25, 0.3) is 0 Å². The minimum atomic E-state index is 0.0255. The van der Waals surface area contributed by atoms with Gasteiger partial charge in [-0.05, 0) is 26.8 Å². The van der Waals surface area contributed by atoms with Crippen molar-refractivity contribution in [2.24, 2.45) is 5.73 Å². The molecular weight excluding hydrogens is 152 g/mol. The topological polar surface area (TPSA) is 67.7 Å². The minimum Gasteiger partial charge on any atom is -0.382 e. The van der Waals surface area contributed by atoms with Crippen molar-refractivity contribution in [3.05, 3.63) is 17.5 Å². The average molecular weight is 166 g/mol. The van der Waals surface area contributed by atoms with Crippen LogP contribution in [0, 0.1) is 12.3 Å². The maximum absolute atomic E-state index is 7.19. The number of aryl methyl sites for hydroxylation is 1. The zero-order valence-corrected chi connectivity index (χ0v) is 7.63. The Morgan fingerprint density at radius 1 is 1.67 bits per heavy atom. The molecule has 0 aliphatic carbocycles. The molecule has 0 saturated heterocycles. The Balaban J connectivity index is 3.09. The molecule has 1 heterocycles. The fourth-order valence-electron chi connectivity index (χ4n) is 1.14. The second-order valence-corrected chi connectivity index (χ2v) is 3.12. The Morgan fingerprint density at radius 2 is 2.25 bits per heavy atom. The molecule has 1 rings (SSSR count). The van der Waals surface area contributed by atoms with Gasteiger partial charge in [-0.1, -0.05) is 0 Å². The van der Waals surface area contributed by atoms with Crippen LogP contribution < -0.4 is 5.73 Å². The van der Waals surface area contributed by atoms with Crippen molar-refractivity contribution in [2.75, 3.05) is 0 Å². The molecule has 66 valence electrons. The Kier molecular flexibility index (Phi) is 2.17. The molecule has 12 heavy (non-hydrogen) atoms. The number of hydrogen-bond donors (Lipinski definition) is 2. The highest BCUT2D eigenvalue weighted by Crippen LogP contribution is 2.09. The quantitative estimate of drug-likeness (QED) is 0.509. The highest BCUT2D eigenvalue weighted by molar-refractivity contribution is 5.93. The lowest BCUT2D eigenvalue weighted by Crippen LogP contribution is -2.13. The lowest BCUT2D eigenvalue weighted by molar-refractivity contribution is 0.518. The van der Waals surface area contributed by atoms with Crippen LogP contribution in [-0.2, 0) is 0 Å². The Hall–Kier alpha value is -1.32. The lowest BCUT2D eigenvalue weighted by atomic mass is 10.3. The first kappa shape index (κ1) is 8.77. The summed E-state index contributed by atoms with van der Waals surface area (Å²) in [5.41, 5.74) is 6.90. The van der Waals surface area contributed by atoms with E-state index in [-0.39, 0.29) is 5.84 Å². The predicted molar refractivity (Wildman–Crippen MR) is 48.4 cm³/mol. The molecule has 0 radical (unpaired) electrons. The van der Waals surface area contributed by atoms with E-state index in [1.54, 1.807) is 0 Å². The number of rotatable bonds is 2. The molecule has 0 aromatic carbocycles. The van der Waals surface area contributed by atoms with Crippen LogP contribution >= 0.6 is 0 Å². The van der Waals surface area contributed by atoms with Gasteiger partial charge >= 0.3 is 0 Å². The molecule has 1 aromatic rings. The number of nitrogens with one attached hydrogen (secondary N) is 1. The summed E-state index contributed by atoms with van der Waals surface area (Å²) in [6.07, 6.45) is 0. The summed E-state index contributed by atoms with van der Waals surface area (Å²) in [7, 11) is 0. The van der Waals surface area contributed by atoms with E-state index in [0.717, 1.165) is 5.69 Å². The van der Waals surface area contributed by atoms with Crippen LogP contribution in [0.4, 0.5) is 0 Å². The van der Waals surface area contributed by atoms with Gasteiger partial charge in [0.25, 0.3) is 0 Å². The van der Waals surface area contributed by atoms with Crippen LogP contribution in [0.15, 0.2) is 6.07 Å². The van der Waals surface area contributed by atoms with Crippen molar-refractivity contribution in [1.29, 1.82) is 5.41 Å². The van der Waals surface area contributed by atoms with Gasteiger partial charge in [-0.3, -0.25) is 10.1 Å². The first-order valence-corrected chi connectivity index (χ1v) is 3.93. The summed E-state index contributed by atoms with van der Waals surface area (Å²) in [4.78, 5) is 0. The monoisotopic (exact) mass is 166 g/mol. The maximum atomic E-state index is 7.19. The highest BCUT2D eigenvalue weighted by atomic mass is 15.3. The molecule has 0 fully saturated rings. The molecular formula is C8H14N4. The van der Waals surface area contributed by atoms with Crippen molar-refractivity contribution in [1.82, 2.24) is 9.78 Å². The Morgan fingerprint density at radius 3 is 2.50 bits per heavy atom. The lowest BCUT2D eigenvalue weighted by Gasteiger charge is -2.06. The normalized spacial score (nSPS) is 10.7. The molecule has 1 aromatic heterocycles. The summed E-state index contributed by atoms with van der Waals surface area (Å²) >= 11 is 0. The van der Waals surface area contributed by atoms with E-state index in [2.05, 4.69) is 5.10 Å². The molecule has 0 aliphatic rings. The maximum Gasteiger partial charge on any atom is 0.143 e. The number of nitrogens with zero attached hydrogens (tertiary/aromatic N) is 2. The average Bonchev–Trinajstić information content (AvgIpc) is 2.30. The Labute approximate surface area is 71.9 Å². The summed E-state index contributed by atoms with van der Waals surface area (Å²) in [5, 5.41) is 11.4. The molecule has 0 atom stereocenters. The third kappa shape index (κ3) is 1.47. The summed E-state index contributed by atoms with van der Waals surface area (Å²) in [5.74, 6) is 0.0255. The number of nitrogen functional groups attached to an aromatic ring is 1. The fraction of sp³-hybridized carbons (Fsp3) is 0.500. The second-order valence-electron chi connectivity index (χ2n) is 3.12. The third-order valence-electron chi connectivity index (χ3n) is 1.69. The number of hydrogen-bond acceptors (Lipinski definition) is 2. The molecule has 4 heteroatoms. The molecule has 0 unspecified atom stereocenters. The first-order chi connectivity index (χ1) is 5.52. The number of amidine groups is 1. The van der Waals surface area contributed by atoms with Crippen molar-refractivity contribution in [2.45, 2.75) is 26.8 Å². The molecule has 0 bridgehead atoms. The standard InChI is InChI=1S/C8H14N4/c1-5(2)12-6(3)4-7(11-12)8(9)10/h4-5H,1-3H3,(H3,9,10). The van der Waals surface area contributed by atoms with Crippen molar-refractivity contribution >= 4 is 5.84 Å². The largest absolute Gasteiger partial charge is 0.382 e. The number of aromatic nitrogens is 2. The zero-order valence-electron chi connectivity index (χ0n) is 7.63. The fourth-order valence-corrected chi connectivity index (χ4v) is 1.14. The van der Waals surface area contributed by atoms with Gasteiger partial charge in [0.2, 0.25) is 0 Å². The summed E-state index contributed by atoms with van der Waals surface area (Å²) in [6, 6.07) is 2.14. The van der Waals surface area contributed by atoms with E-state index in [1.807, 2.05) is 31.5 Å². The van der Waals surface area contributed by atoms with Crippen LogP contribution in [-0.4, -0.2) is 15.6 Å². The van der Waals surface area contributed by atoms with Gasteiger partial charge in [-0.25, -0.2) is 0 Å². The smallest absolute Gasteiger partial charge is 0.143 e. The molecule has 0 amide bonds. The highest BCUT2D eigenvalue weighted by Gasteiger charge is 2.07. The van der Waals surface area contributed by atoms with Gasteiger partial charge in [-0.2, -0.15) is 5.10 Å². The van der Waals surface area contributed by atoms with E-state index in [9.17, 15) is 0 Å². The molecule has 4 nitrogen and oxygen atoms in total. The number of nitrogens with two attached hydrogens (primary N) is 1. The predicted octanol–water partition coefficient (Wildman–Crippen LogP) is 1.06. The summed E-state index contributed by atoms with van der Waals surface area (Å²) < 4.78 is 1.86. The zero-order chi connectivity index (χ0) is 9.30. The van der Waals surface area contributed by atoms with Gasteiger partial charge in [0.1, 0.15) is 11.5 Å². The van der Waals surface area contributed by atoms with Gasteiger partial charge in [0.15, 0.2) is 0 Å². The molecule has 0 aliphatic heterocycles. The van der Waals surface area contributed by atoms with Crippen molar-refractivity contribution < 1.29 is 0 Å². The van der Waals surface area contributed by atoms with E-state index in [0.29, 0.717) is 11.7 Å². The first-order valence-electron chi connectivity index (χ1n) is 3.93. The second kappa shape index (κ2) is 2.97. The Bertz CT molecular complexity index is 298.